The van der Waals surface area contributed by atoms with Crippen LogP contribution in [0, 0.1) is 5.82 Å². The number of halogens is 2. The van der Waals surface area contributed by atoms with Gasteiger partial charge in [-0.3, -0.25) is 4.79 Å². The first kappa shape index (κ1) is 19.8. The number of carbonyl (C=O) groups excluding carboxylic acids is 1. The monoisotopic (exact) mass is 339 g/mol. The summed E-state index contributed by atoms with van der Waals surface area (Å²) in [5.41, 5.74) is -0.165. The summed E-state index contributed by atoms with van der Waals surface area (Å²) in [4.78, 5) is 10.8. The lowest BCUT2D eigenvalue weighted by atomic mass is 10.3. The fourth-order valence-corrected chi connectivity index (χ4v) is 2.53. The molecule has 0 fully saturated rings. The number of hydrogen-bond acceptors (Lipinski definition) is 4. The summed E-state index contributed by atoms with van der Waals surface area (Å²) in [6.45, 7) is 3.23. The maximum absolute atomic E-state index is 13.4. The SMILES string of the molecule is CNC(C)CNS(=O)(=O)c1ccc(F)c(NC(C)=O)c1.Cl. The Morgan fingerprint density at radius 1 is 1.38 bits per heavy atom. The molecule has 1 aromatic rings. The maximum Gasteiger partial charge on any atom is 0.240 e. The van der Waals surface area contributed by atoms with Crippen molar-refractivity contribution >= 4 is 34.0 Å². The number of carbonyl (C=O) groups is 1. The van der Waals surface area contributed by atoms with E-state index < -0.39 is 21.7 Å². The Balaban J connectivity index is 0.00000400. The van der Waals surface area contributed by atoms with Gasteiger partial charge in [0, 0.05) is 19.5 Å². The first-order valence-corrected chi connectivity index (χ1v) is 7.48. The van der Waals surface area contributed by atoms with Crippen molar-refractivity contribution in [2.24, 2.45) is 0 Å². The van der Waals surface area contributed by atoms with Gasteiger partial charge in [0.1, 0.15) is 5.82 Å². The maximum atomic E-state index is 13.4. The number of rotatable bonds is 6. The number of anilines is 1. The van der Waals surface area contributed by atoms with Gasteiger partial charge in [-0.2, -0.15) is 0 Å². The highest BCUT2D eigenvalue weighted by molar-refractivity contribution is 7.89. The molecule has 1 aromatic carbocycles. The molecule has 0 saturated heterocycles. The second-order valence-corrected chi connectivity index (χ2v) is 6.13. The van der Waals surface area contributed by atoms with Crippen molar-refractivity contribution < 1.29 is 17.6 Å². The van der Waals surface area contributed by atoms with Crippen molar-refractivity contribution in [3.05, 3.63) is 24.0 Å². The normalized spacial score (nSPS) is 12.4. The third-order valence-electron chi connectivity index (χ3n) is 2.63. The van der Waals surface area contributed by atoms with E-state index in [9.17, 15) is 17.6 Å². The number of benzene rings is 1. The second kappa shape index (κ2) is 8.28. The van der Waals surface area contributed by atoms with Crippen molar-refractivity contribution in [2.45, 2.75) is 24.8 Å². The van der Waals surface area contributed by atoms with E-state index in [1.807, 2.05) is 6.92 Å². The van der Waals surface area contributed by atoms with Crippen LogP contribution < -0.4 is 15.4 Å². The van der Waals surface area contributed by atoms with E-state index in [2.05, 4.69) is 15.4 Å². The Morgan fingerprint density at radius 2 is 2.00 bits per heavy atom. The Morgan fingerprint density at radius 3 is 2.52 bits per heavy atom. The number of likely N-dealkylation sites (N-methyl/N-ethyl adjacent to an activating group) is 1. The van der Waals surface area contributed by atoms with E-state index in [-0.39, 0.29) is 35.6 Å². The fraction of sp³-hybridized carbons (Fsp3) is 0.417. The lowest BCUT2D eigenvalue weighted by Gasteiger charge is -2.13. The van der Waals surface area contributed by atoms with Crippen molar-refractivity contribution in [3.63, 3.8) is 0 Å². The third kappa shape index (κ3) is 5.96. The standard InChI is InChI=1S/C12H18FN3O3S.ClH/c1-8(14-3)7-15-20(18,19)10-4-5-11(13)12(6-10)16-9(2)17;/h4-6,8,14-15H,7H2,1-3H3,(H,16,17);1H. The third-order valence-corrected chi connectivity index (χ3v) is 4.05. The van der Waals surface area contributed by atoms with Crippen LogP contribution in [0.25, 0.3) is 0 Å². The fourth-order valence-electron chi connectivity index (χ4n) is 1.38. The minimum Gasteiger partial charge on any atom is -0.324 e. The molecule has 0 heterocycles. The largest absolute Gasteiger partial charge is 0.324 e. The molecule has 1 unspecified atom stereocenters. The Labute approximate surface area is 130 Å². The molecule has 0 aliphatic heterocycles. The molecule has 3 N–H and O–H groups in total. The molecule has 0 aliphatic carbocycles. The first-order chi connectivity index (χ1) is 9.26. The molecular formula is C12H19ClFN3O3S. The molecule has 0 aliphatic rings. The summed E-state index contributed by atoms with van der Waals surface area (Å²) in [5, 5.41) is 5.13. The molecule has 1 amide bonds. The van der Waals surface area contributed by atoms with Crippen LogP contribution in [0.1, 0.15) is 13.8 Å². The average Bonchev–Trinajstić information content (AvgIpc) is 2.38. The van der Waals surface area contributed by atoms with E-state index in [0.717, 1.165) is 18.2 Å². The van der Waals surface area contributed by atoms with Crippen LogP contribution >= 0.6 is 12.4 Å². The highest BCUT2D eigenvalue weighted by Crippen LogP contribution is 2.19. The topological polar surface area (TPSA) is 87.3 Å². The van der Waals surface area contributed by atoms with Crippen LogP contribution in [0.3, 0.4) is 0 Å². The molecule has 0 radical (unpaired) electrons. The Hall–Kier alpha value is -1.22. The molecule has 120 valence electrons. The zero-order valence-electron chi connectivity index (χ0n) is 11.9. The van der Waals surface area contributed by atoms with E-state index >= 15 is 0 Å². The van der Waals surface area contributed by atoms with Gasteiger partial charge < -0.3 is 10.6 Å². The van der Waals surface area contributed by atoms with Gasteiger partial charge in [0.2, 0.25) is 15.9 Å². The van der Waals surface area contributed by atoms with Gasteiger partial charge in [-0.25, -0.2) is 17.5 Å². The van der Waals surface area contributed by atoms with Gasteiger partial charge in [0.05, 0.1) is 10.6 Å². The molecule has 0 saturated carbocycles. The van der Waals surface area contributed by atoms with E-state index in [1.165, 1.54) is 6.92 Å². The van der Waals surface area contributed by atoms with E-state index in [0.29, 0.717) is 0 Å². The zero-order valence-corrected chi connectivity index (χ0v) is 13.6. The summed E-state index contributed by atoms with van der Waals surface area (Å²) in [6, 6.07) is 3.19. The lowest BCUT2D eigenvalue weighted by molar-refractivity contribution is -0.114. The van der Waals surface area contributed by atoms with Crippen LogP contribution in [0.2, 0.25) is 0 Å². The molecule has 21 heavy (non-hydrogen) atoms. The van der Waals surface area contributed by atoms with Gasteiger partial charge in [0.15, 0.2) is 0 Å². The second-order valence-electron chi connectivity index (χ2n) is 4.36. The molecule has 0 aromatic heterocycles. The summed E-state index contributed by atoms with van der Waals surface area (Å²) in [7, 11) is -2.03. The summed E-state index contributed by atoms with van der Waals surface area (Å²) < 4.78 is 39.9. The number of nitrogens with one attached hydrogen (secondary N) is 3. The number of hydrogen-bond donors (Lipinski definition) is 3. The number of sulfonamides is 1. The highest BCUT2D eigenvalue weighted by atomic mass is 35.5. The van der Waals surface area contributed by atoms with Crippen LogP contribution in [0.5, 0.6) is 0 Å². The minimum atomic E-state index is -3.75. The average molecular weight is 340 g/mol. The molecule has 0 spiro atoms. The van der Waals surface area contributed by atoms with E-state index in [4.69, 9.17) is 0 Å². The smallest absolute Gasteiger partial charge is 0.240 e. The van der Waals surface area contributed by atoms with Crippen molar-refractivity contribution in [3.8, 4) is 0 Å². The van der Waals surface area contributed by atoms with Gasteiger partial charge in [-0.05, 0) is 32.2 Å². The Kier molecular flexibility index (Phi) is 7.80. The first-order valence-electron chi connectivity index (χ1n) is 6.00. The predicted octanol–water partition coefficient (Wildman–Crippen LogP) is 1.09. The molecule has 6 nitrogen and oxygen atoms in total. The lowest BCUT2D eigenvalue weighted by Crippen LogP contribution is -2.37. The highest BCUT2D eigenvalue weighted by Gasteiger charge is 2.17. The van der Waals surface area contributed by atoms with Crippen molar-refractivity contribution in [2.75, 3.05) is 18.9 Å². The molecule has 9 heteroatoms. The summed E-state index contributed by atoms with van der Waals surface area (Å²) in [6.07, 6.45) is 0. The van der Waals surface area contributed by atoms with Crippen LogP contribution in [0.15, 0.2) is 23.1 Å². The van der Waals surface area contributed by atoms with Crippen molar-refractivity contribution in [1.82, 2.24) is 10.0 Å². The molecule has 1 rings (SSSR count). The summed E-state index contributed by atoms with van der Waals surface area (Å²) >= 11 is 0. The summed E-state index contributed by atoms with van der Waals surface area (Å²) in [5.74, 6) is -1.17. The van der Waals surface area contributed by atoms with Gasteiger partial charge in [0.25, 0.3) is 0 Å². The molecule has 0 bridgehead atoms. The zero-order chi connectivity index (χ0) is 15.3. The predicted molar refractivity (Wildman–Crippen MR) is 81.7 cm³/mol. The number of amides is 1. The minimum absolute atomic E-state index is 0. The van der Waals surface area contributed by atoms with E-state index in [1.54, 1.807) is 7.05 Å². The molecular weight excluding hydrogens is 321 g/mol. The van der Waals surface area contributed by atoms with Crippen LogP contribution in [-0.4, -0.2) is 34.0 Å². The van der Waals surface area contributed by atoms with Gasteiger partial charge in [-0.1, -0.05) is 0 Å². The Bertz CT molecular complexity index is 595. The quantitative estimate of drug-likeness (QED) is 0.724. The van der Waals surface area contributed by atoms with Crippen LogP contribution in [0.4, 0.5) is 10.1 Å². The van der Waals surface area contributed by atoms with Gasteiger partial charge in [-0.15, -0.1) is 12.4 Å². The van der Waals surface area contributed by atoms with Crippen molar-refractivity contribution in [1.29, 1.82) is 0 Å². The van der Waals surface area contributed by atoms with Crippen LogP contribution in [-0.2, 0) is 14.8 Å². The molecule has 1 atom stereocenters. The van der Waals surface area contributed by atoms with Gasteiger partial charge >= 0.3 is 0 Å².